The van der Waals surface area contributed by atoms with E-state index in [4.69, 9.17) is 17.2 Å². The molecule has 0 aromatic heterocycles. The van der Waals surface area contributed by atoms with E-state index in [0.717, 1.165) is 22.3 Å². The maximum Gasteiger partial charge on any atom is 0.246 e. The van der Waals surface area contributed by atoms with Gasteiger partial charge in [-0.2, -0.15) is 0 Å². The Morgan fingerprint density at radius 1 is 0.784 bits per heavy atom. The third-order valence-electron chi connectivity index (χ3n) is 9.36. The fourth-order valence-corrected chi connectivity index (χ4v) is 6.66. The van der Waals surface area contributed by atoms with E-state index < -0.39 is 53.6 Å². The van der Waals surface area contributed by atoms with Crippen molar-refractivity contribution >= 4 is 35.5 Å². The van der Waals surface area contributed by atoms with Crippen LogP contribution >= 0.6 is 0 Å². The van der Waals surface area contributed by atoms with Crippen molar-refractivity contribution in [3.05, 3.63) is 106 Å². The first-order valence-electron chi connectivity index (χ1n) is 16.8. The van der Waals surface area contributed by atoms with Gasteiger partial charge in [0.2, 0.25) is 29.5 Å². The first-order chi connectivity index (χ1) is 24.4. The lowest BCUT2D eigenvalue weighted by molar-refractivity contribution is -0.144. The predicted molar refractivity (Wildman–Crippen MR) is 188 cm³/mol. The number of nitrogens with one attached hydrogen (secondary N) is 2. The van der Waals surface area contributed by atoms with Crippen LogP contribution in [0, 0.1) is 5.82 Å². The highest BCUT2D eigenvalue weighted by Gasteiger charge is 2.39. The molecule has 0 radical (unpaired) electrons. The molecule has 2 heterocycles. The van der Waals surface area contributed by atoms with E-state index in [0.29, 0.717) is 12.0 Å². The first-order valence-corrected chi connectivity index (χ1v) is 16.8. The summed E-state index contributed by atoms with van der Waals surface area (Å²) >= 11 is 0. The second-order valence-electron chi connectivity index (χ2n) is 12.9. The Morgan fingerprint density at radius 2 is 1.35 bits per heavy atom. The van der Waals surface area contributed by atoms with E-state index in [-0.39, 0.29) is 57.2 Å². The molecule has 0 aliphatic carbocycles. The summed E-state index contributed by atoms with van der Waals surface area (Å²) in [5.74, 6) is -3.37. The third-order valence-corrected chi connectivity index (χ3v) is 9.36. The number of hydrogen-bond donors (Lipinski definition) is 5. The van der Waals surface area contributed by atoms with Gasteiger partial charge in [0, 0.05) is 45.8 Å². The Morgan fingerprint density at radius 3 is 1.92 bits per heavy atom. The van der Waals surface area contributed by atoms with Crippen molar-refractivity contribution in [3.8, 4) is 0 Å². The summed E-state index contributed by atoms with van der Waals surface area (Å²) in [4.78, 5) is 74.5. The van der Waals surface area contributed by atoms with Gasteiger partial charge in [0.05, 0.1) is 0 Å². The fourth-order valence-electron chi connectivity index (χ4n) is 6.66. The van der Waals surface area contributed by atoms with Gasteiger partial charge in [0.15, 0.2) is 5.96 Å². The van der Waals surface area contributed by atoms with Crippen LogP contribution in [0.15, 0.2) is 77.8 Å². The minimum absolute atomic E-state index is 0.0445. The van der Waals surface area contributed by atoms with Crippen LogP contribution in [0.25, 0.3) is 0 Å². The first kappa shape index (κ1) is 36.5. The minimum Gasteiger partial charge on any atom is -0.370 e. The molecule has 268 valence electrons. The van der Waals surface area contributed by atoms with Crippen molar-refractivity contribution in [2.45, 2.75) is 76.3 Å². The number of primary amides is 1. The van der Waals surface area contributed by atoms with Crippen LogP contribution in [-0.2, 0) is 56.3 Å². The number of guanidine groups is 1. The molecular formula is C37H43FN8O5. The summed E-state index contributed by atoms with van der Waals surface area (Å²) in [7, 11) is 0. The molecule has 0 bridgehead atoms. The van der Waals surface area contributed by atoms with Crippen LogP contribution in [0.1, 0.15) is 47.6 Å². The number of benzene rings is 3. The Hall–Kier alpha value is -5.79. The van der Waals surface area contributed by atoms with E-state index in [1.807, 2.05) is 48.5 Å². The summed E-state index contributed by atoms with van der Waals surface area (Å²) in [5.41, 5.74) is 20.9. The Balaban J connectivity index is 1.42. The molecule has 14 heteroatoms. The zero-order chi connectivity index (χ0) is 36.7. The molecule has 0 saturated carbocycles. The van der Waals surface area contributed by atoms with Crippen LogP contribution in [0.5, 0.6) is 0 Å². The second-order valence-corrected chi connectivity index (χ2v) is 12.9. The standard InChI is InChI=1S/C37H43FN8O5/c1-22(47)45-20-26-9-4-3-8-25(26)19-32(45)35(50)44-30(17-23-12-14-28(38)15-13-23)34(49)43-29(11-6-16-42-37(40)41)36(51)46-21-27-10-5-2-7-24(27)18-31(46)33(39)48/h2-5,7-10,12-15,29-32H,6,11,16-21H2,1H3,(H2,39,48)(H,43,49)(H,44,50)(H4,40,41,42)/t29-,30+,31-,32-/m0/s1. The Bertz CT molecular complexity index is 1810. The number of nitrogens with two attached hydrogens (primary N) is 3. The lowest BCUT2D eigenvalue weighted by atomic mass is 9.92. The van der Waals surface area contributed by atoms with Crippen molar-refractivity contribution in [1.29, 1.82) is 0 Å². The van der Waals surface area contributed by atoms with E-state index in [2.05, 4.69) is 15.6 Å². The molecule has 2 aliphatic heterocycles. The predicted octanol–water partition coefficient (Wildman–Crippen LogP) is 0.804. The molecule has 51 heavy (non-hydrogen) atoms. The average Bonchev–Trinajstić information content (AvgIpc) is 3.11. The van der Waals surface area contributed by atoms with E-state index in [1.165, 1.54) is 41.0 Å². The van der Waals surface area contributed by atoms with Crippen molar-refractivity contribution in [2.24, 2.45) is 22.2 Å². The van der Waals surface area contributed by atoms with E-state index in [9.17, 15) is 28.4 Å². The van der Waals surface area contributed by atoms with Gasteiger partial charge >= 0.3 is 0 Å². The number of fused-ring (bicyclic) bond motifs is 2. The van der Waals surface area contributed by atoms with Crippen LogP contribution in [0.3, 0.4) is 0 Å². The van der Waals surface area contributed by atoms with Gasteiger partial charge < -0.3 is 37.6 Å². The van der Waals surface area contributed by atoms with E-state index >= 15 is 0 Å². The molecular weight excluding hydrogens is 655 g/mol. The molecule has 0 saturated heterocycles. The lowest BCUT2D eigenvalue weighted by Gasteiger charge is -2.38. The largest absolute Gasteiger partial charge is 0.370 e. The highest BCUT2D eigenvalue weighted by molar-refractivity contribution is 5.96. The monoisotopic (exact) mass is 698 g/mol. The molecule has 3 aromatic carbocycles. The molecule has 2 aliphatic rings. The van der Waals surface area contributed by atoms with Crippen LogP contribution in [0.4, 0.5) is 4.39 Å². The van der Waals surface area contributed by atoms with Crippen LogP contribution in [-0.4, -0.2) is 76.0 Å². The summed E-state index contributed by atoms with van der Waals surface area (Å²) in [6.45, 7) is 1.88. The van der Waals surface area contributed by atoms with Gasteiger partial charge in [0.25, 0.3) is 0 Å². The highest BCUT2D eigenvalue weighted by Crippen LogP contribution is 2.26. The van der Waals surface area contributed by atoms with Gasteiger partial charge in [-0.05, 0) is 52.8 Å². The number of carbonyl (C=O) groups excluding carboxylic acids is 5. The van der Waals surface area contributed by atoms with Crippen molar-refractivity contribution in [2.75, 3.05) is 6.54 Å². The number of carbonyl (C=O) groups is 5. The van der Waals surface area contributed by atoms with Crippen LogP contribution < -0.4 is 27.8 Å². The molecule has 5 amide bonds. The fraction of sp³-hybridized carbons (Fsp3) is 0.351. The molecule has 13 nitrogen and oxygen atoms in total. The molecule has 0 unspecified atom stereocenters. The molecule has 5 rings (SSSR count). The van der Waals surface area contributed by atoms with Crippen molar-refractivity contribution in [3.63, 3.8) is 0 Å². The molecule has 3 aromatic rings. The van der Waals surface area contributed by atoms with Gasteiger partial charge in [-0.25, -0.2) is 4.39 Å². The topological polar surface area (TPSA) is 206 Å². The van der Waals surface area contributed by atoms with Crippen molar-refractivity contribution in [1.82, 2.24) is 20.4 Å². The highest BCUT2D eigenvalue weighted by atomic mass is 19.1. The number of nitrogens with zero attached hydrogens (tertiary/aromatic N) is 3. The molecule has 0 fully saturated rings. The quantitative estimate of drug-likeness (QED) is 0.104. The van der Waals surface area contributed by atoms with Gasteiger partial charge in [0.1, 0.15) is 30.0 Å². The van der Waals surface area contributed by atoms with Gasteiger partial charge in [-0.3, -0.25) is 29.0 Å². The number of amides is 5. The third kappa shape index (κ3) is 9.07. The maximum absolute atomic E-state index is 14.3. The number of halogens is 1. The summed E-state index contributed by atoms with van der Waals surface area (Å²) in [6.07, 6.45) is 0.802. The van der Waals surface area contributed by atoms with E-state index in [1.54, 1.807) is 0 Å². The SMILES string of the molecule is CC(=O)N1Cc2ccccc2C[C@H]1C(=O)N[C@H](Cc1ccc(F)cc1)C(=O)N[C@@H](CCCN=C(N)N)C(=O)N1Cc2ccccc2C[C@H]1C(N)=O. The summed E-state index contributed by atoms with van der Waals surface area (Å²) in [6, 6.07) is 16.2. The number of rotatable bonds is 12. The summed E-state index contributed by atoms with van der Waals surface area (Å²) in [5, 5.41) is 5.63. The van der Waals surface area contributed by atoms with Gasteiger partial charge in [-0.1, -0.05) is 60.7 Å². The Labute approximate surface area is 295 Å². The molecule has 8 N–H and O–H groups in total. The normalized spacial score (nSPS) is 17.6. The smallest absolute Gasteiger partial charge is 0.246 e. The zero-order valence-corrected chi connectivity index (χ0v) is 28.4. The summed E-state index contributed by atoms with van der Waals surface area (Å²) < 4.78 is 13.8. The second kappa shape index (κ2) is 16.3. The van der Waals surface area contributed by atoms with Crippen LogP contribution in [0.2, 0.25) is 0 Å². The number of hydrogen-bond acceptors (Lipinski definition) is 6. The number of aliphatic imine (C=N–C) groups is 1. The zero-order valence-electron chi connectivity index (χ0n) is 28.4. The molecule has 0 spiro atoms. The van der Waals surface area contributed by atoms with Gasteiger partial charge in [-0.15, -0.1) is 0 Å². The molecule has 4 atom stereocenters. The minimum atomic E-state index is -1.23. The Kier molecular flexibility index (Phi) is 11.6. The van der Waals surface area contributed by atoms with Crippen molar-refractivity contribution < 1.29 is 28.4 Å². The maximum atomic E-state index is 14.3. The lowest BCUT2D eigenvalue weighted by Crippen LogP contribution is -2.60. The average molecular weight is 699 g/mol.